The number of allylic oxidation sites excluding steroid dienone is 2. The molecule has 0 bridgehead atoms. The van der Waals surface area contributed by atoms with Crippen LogP contribution < -0.4 is 0 Å². The molecule has 0 saturated heterocycles. The zero-order valence-corrected chi connectivity index (χ0v) is 18.1. The van der Waals surface area contributed by atoms with Crippen LogP contribution in [0.3, 0.4) is 0 Å². The third kappa shape index (κ3) is 5.05. The molecule has 4 nitrogen and oxygen atoms in total. The van der Waals surface area contributed by atoms with E-state index in [1.807, 2.05) is 71.9 Å². The Bertz CT molecular complexity index is 713. The van der Waals surface area contributed by atoms with Gasteiger partial charge in [-0.1, -0.05) is 42.5 Å². The minimum Gasteiger partial charge on any atom is -0.415 e. The summed E-state index contributed by atoms with van der Waals surface area (Å²) in [4.78, 5) is 14.6. The SMILES string of the molecule is C=C(C)[C@H]1CC(OC(=O)N(C(C)C)C(C)C)=C(C)[C@@H]([C@H](O)c2ccccc2)C1. The molecular formula is C24H35NO3. The summed E-state index contributed by atoms with van der Waals surface area (Å²) < 4.78 is 5.90. The van der Waals surface area contributed by atoms with E-state index in [1.165, 1.54) is 0 Å². The van der Waals surface area contributed by atoms with Crippen LogP contribution in [0.5, 0.6) is 0 Å². The zero-order valence-electron chi connectivity index (χ0n) is 18.1. The van der Waals surface area contributed by atoms with Gasteiger partial charge in [0.15, 0.2) is 0 Å². The minimum absolute atomic E-state index is 0.0552. The predicted molar refractivity (Wildman–Crippen MR) is 114 cm³/mol. The lowest BCUT2D eigenvalue weighted by Gasteiger charge is -2.36. The molecule has 0 aliphatic heterocycles. The van der Waals surface area contributed by atoms with Crippen molar-refractivity contribution in [3.8, 4) is 0 Å². The number of rotatable bonds is 6. The first-order chi connectivity index (χ1) is 13.1. The lowest BCUT2D eigenvalue weighted by molar-refractivity contribution is 0.0786. The average molecular weight is 386 g/mol. The van der Waals surface area contributed by atoms with E-state index >= 15 is 0 Å². The number of aliphatic hydroxyl groups excluding tert-OH is 1. The van der Waals surface area contributed by atoms with E-state index in [4.69, 9.17) is 4.74 Å². The van der Waals surface area contributed by atoms with Crippen molar-refractivity contribution in [3.05, 3.63) is 59.4 Å². The van der Waals surface area contributed by atoms with E-state index in [9.17, 15) is 9.90 Å². The van der Waals surface area contributed by atoms with Crippen LogP contribution in [0.1, 0.15) is 66.1 Å². The van der Waals surface area contributed by atoms with Gasteiger partial charge in [-0.3, -0.25) is 0 Å². The molecule has 28 heavy (non-hydrogen) atoms. The highest BCUT2D eigenvalue weighted by Gasteiger charge is 2.35. The highest BCUT2D eigenvalue weighted by molar-refractivity contribution is 5.69. The number of nitrogens with zero attached hydrogens (tertiary/aromatic N) is 1. The second kappa shape index (κ2) is 9.42. The summed E-state index contributed by atoms with van der Waals surface area (Å²) in [5.74, 6) is 0.754. The summed E-state index contributed by atoms with van der Waals surface area (Å²) >= 11 is 0. The van der Waals surface area contributed by atoms with E-state index in [2.05, 4.69) is 6.58 Å². The van der Waals surface area contributed by atoms with Crippen LogP contribution in [-0.2, 0) is 4.74 Å². The van der Waals surface area contributed by atoms with Gasteiger partial charge in [0.05, 0.1) is 6.10 Å². The van der Waals surface area contributed by atoms with E-state index < -0.39 is 6.10 Å². The highest BCUT2D eigenvalue weighted by Crippen LogP contribution is 2.43. The van der Waals surface area contributed by atoms with Crippen molar-refractivity contribution in [3.63, 3.8) is 0 Å². The molecule has 1 N–H and O–H groups in total. The molecule has 1 aromatic rings. The van der Waals surface area contributed by atoms with Gasteiger partial charge in [0, 0.05) is 24.4 Å². The zero-order chi connectivity index (χ0) is 21.0. The maximum atomic E-state index is 12.8. The number of hydrogen-bond donors (Lipinski definition) is 1. The lowest BCUT2D eigenvalue weighted by Crippen LogP contribution is -2.42. The number of carbonyl (C=O) groups excluding carboxylic acids is 1. The maximum absolute atomic E-state index is 12.8. The van der Waals surface area contributed by atoms with Gasteiger partial charge in [-0.2, -0.15) is 0 Å². The summed E-state index contributed by atoms with van der Waals surface area (Å²) in [6.07, 6.45) is 0.490. The summed E-state index contributed by atoms with van der Waals surface area (Å²) in [6, 6.07) is 9.79. The van der Waals surface area contributed by atoms with Crippen molar-refractivity contribution in [2.45, 2.75) is 72.6 Å². The molecule has 4 heteroatoms. The summed E-state index contributed by atoms with van der Waals surface area (Å²) in [5, 5.41) is 11.0. The van der Waals surface area contributed by atoms with Gasteiger partial charge in [0.1, 0.15) is 5.76 Å². The Balaban J connectivity index is 2.34. The second-order valence-electron chi connectivity index (χ2n) is 8.51. The van der Waals surface area contributed by atoms with Crippen LogP contribution in [0.4, 0.5) is 4.79 Å². The Morgan fingerprint density at radius 3 is 2.25 bits per heavy atom. The van der Waals surface area contributed by atoms with Crippen molar-refractivity contribution in [2.75, 3.05) is 0 Å². The van der Waals surface area contributed by atoms with Gasteiger partial charge in [-0.05, 0) is 65.0 Å². The third-order valence-corrected chi connectivity index (χ3v) is 5.72. The largest absolute Gasteiger partial charge is 0.415 e. The molecular weight excluding hydrogens is 350 g/mol. The number of aliphatic hydroxyl groups is 1. The molecule has 0 spiro atoms. The quantitative estimate of drug-likeness (QED) is 0.625. The van der Waals surface area contributed by atoms with Crippen molar-refractivity contribution in [2.24, 2.45) is 11.8 Å². The molecule has 154 valence electrons. The summed E-state index contributed by atoms with van der Waals surface area (Å²) in [5.41, 5.74) is 2.89. The molecule has 1 aliphatic rings. The molecule has 0 saturated carbocycles. The Morgan fingerprint density at radius 2 is 1.75 bits per heavy atom. The Labute approximate surface area is 169 Å². The van der Waals surface area contributed by atoms with E-state index in [-0.39, 0.29) is 30.0 Å². The van der Waals surface area contributed by atoms with Crippen molar-refractivity contribution < 1.29 is 14.6 Å². The Kier molecular flexibility index (Phi) is 7.48. The van der Waals surface area contributed by atoms with Crippen molar-refractivity contribution in [1.82, 2.24) is 4.90 Å². The molecule has 3 atom stereocenters. The first kappa shape index (κ1) is 22.2. The number of hydrogen-bond acceptors (Lipinski definition) is 3. The fourth-order valence-electron chi connectivity index (χ4n) is 4.08. The number of benzene rings is 1. The lowest BCUT2D eigenvalue weighted by atomic mass is 9.74. The fraction of sp³-hybridized carbons (Fsp3) is 0.542. The molecule has 1 aromatic carbocycles. The predicted octanol–water partition coefficient (Wildman–Crippen LogP) is 5.85. The maximum Gasteiger partial charge on any atom is 0.415 e. The number of ether oxygens (including phenoxy) is 1. The van der Waals surface area contributed by atoms with Gasteiger partial charge >= 0.3 is 6.09 Å². The van der Waals surface area contributed by atoms with Gasteiger partial charge in [0.25, 0.3) is 0 Å². The molecule has 0 radical (unpaired) electrons. The van der Waals surface area contributed by atoms with Crippen LogP contribution in [-0.4, -0.2) is 28.2 Å². The molecule has 0 unspecified atom stereocenters. The van der Waals surface area contributed by atoms with Crippen molar-refractivity contribution in [1.29, 1.82) is 0 Å². The number of carbonyl (C=O) groups is 1. The van der Waals surface area contributed by atoms with Gasteiger partial charge in [-0.15, -0.1) is 0 Å². The van der Waals surface area contributed by atoms with Gasteiger partial charge in [0.2, 0.25) is 0 Å². The standard InChI is InChI=1S/C24H35NO3/c1-15(2)20-13-21(23(26)19-11-9-8-10-12-19)18(7)22(14-20)28-24(27)25(16(3)4)17(5)6/h8-12,16-17,20-21,23,26H,1,13-14H2,2-7H3/t20-,21+,23-/m1/s1. The van der Waals surface area contributed by atoms with Crippen LogP contribution in [0, 0.1) is 11.8 Å². The Hall–Kier alpha value is -2.07. The second-order valence-corrected chi connectivity index (χ2v) is 8.51. The first-order valence-corrected chi connectivity index (χ1v) is 10.2. The fourth-order valence-corrected chi connectivity index (χ4v) is 4.08. The van der Waals surface area contributed by atoms with Crippen LogP contribution in [0.2, 0.25) is 0 Å². The monoisotopic (exact) mass is 385 g/mol. The Morgan fingerprint density at radius 1 is 1.18 bits per heavy atom. The minimum atomic E-state index is -0.636. The van der Waals surface area contributed by atoms with Gasteiger partial charge in [-0.25, -0.2) is 4.79 Å². The first-order valence-electron chi connectivity index (χ1n) is 10.2. The van der Waals surface area contributed by atoms with Crippen molar-refractivity contribution >= 4 is 6.09 Å². The van der Waals surface area contributed by atoms with E-state index in [0.717, 1.165) is 23.1 Å². The normalized spacial score (nSPS) is 21.0. The smallest absolute Gasteiger partial charge is 0.415 e. The molecule has 1 amide bonds. The van der Waals surface area contributed by atoms with Gasteiger partial charge < -0.3 is 14.7 Å². The molecule has 0 fully saturated rings. The van der Waals surface area contributed by atoms with E-state index in [1.54, 1.807) is 4.90 Å². The third-order valence-electron chi connectivity index (χ3n) is 5.72. The van der Waals surface area contributed by atoms with Crippen LogP contribution in [0.25, 0.3) is 0 Å². The van der Waals surface area contributed by atoms with Crippen LogP contribution in [0.15, 0.2) is 53.8 Å². The molecule has 2 rings (SSSR count). The summed E-state index contributed by atoms with van der Waals surface area (Å²) in [6.45, 7) is 16.1. The van der Waals surface area contributed by atoms with Crippen LogP contribution >= 0.6 is 0 Å². The highest BCUT2D eigenvalue weighted by atomic mass is 16.6. The molecule has 0 heterocycles. The average Bonchev–Trinajstić information content (AvgIpc) is 2.62. The summed E-state index contributed by atoms with van der Waals surface area (Å²) in [7, 11) is 0. The number of amides is 1. The molecule has 0 aromatic heterocycles. The molecule has 1 aliphatic carbocycles. The topological polar surface area (TPSA) is 49.8 Å². The van der Waals surface area contributed by atoms with E-state index in [0.29, 0.717) is 12.2 Å².